The molecule has 4 rings (SSSR count). The van der Waals surface area contributed by atoms with Gasteiger partial charge >= 0.3 is 6.03 Å². The first-order valence-corrected chi connectivity index (χ1v) is 11.3. The number of hydrogen-bond donors (Lipinski definition) is 3. The molecule has 8 heteroatoms. The lowest BCUT2D eigenvalue weighted by molar-refractivity contribution is 0.262. The first-order chi connectivity index (χ1) is 15.7. The number of pyridine rings is 1. The summed E-state index contributed by atoms with van der Waals surface area (Å²) < 4.78 is 16.5. The van der Waals surface area contributed by atoms with Crippen molar-refractivity contribution >= 4 is 23.4 Å². The molecule has 1 aliphatic rings. The molecule has 0 saturated heterocycles. The summed E-state index contributed by atoms with van der Waals surface area (Å²) in [7, 11) is 0. The normalized spacial score (nSPS) is 13.7. The van der Waals surface area contributed by atoms with Crippen molar-refractivity contribution in [1.82, 2.24) is 14.8 Å². The number of halogens is 1. The van der Waals surface area contributed by atoms with Gasteiger partial charge in [-0.3, -0.25) is 5.32 Å². The third kappa shape index (κ3) is 6.09. The number of carbonyl (C=O) groups excluding carboxylic acids is 1. The van der Waals surface area contributed by atoms with Gasteiger partial charge in [0.1, 0.15) is 17.5 Å². The third-order valence-corrected chi connectivity index (χ3v) is 5.75. The van der Waals surface area contributed by atoms with Crippen LogP contribution in [-0.2, 0) is 24.8 Å². The van der Waals surface area contributed by atoms with Crippen LogP contribution < -0.4 is 16.4 Å². The number of aromatic nitrogens is 3. The molecule has 0 atom stereocenters. The molecule has 4 N–H and O–H groups in total. The summed E-state index contributed by atoms with van der Waals surface area (Å²) in [5.74, 6) is 1.23. The summed E-state index contributed by atoms with van der Waals surface area (Å²) in [6.07, 6.45) is 5.41. The number of carbonyl (C=O) groups is 1. The highest BCUT2D eigenvalue weighted by molar-refractivity contribution is 5.99. The van der Waals surface area contributed by atoms with E-state index in [1.807, 2.05) is 28.9 Å². The summed E-state index contributed by atoms with van der Waals surface area (Å²) in [4.78, 5) is 16.6. The van der Waals surface area contributed by atoms with E-state index in [1.54, 1.807) is 12.3 Å². The summed E-state index contributed by atoms with van der Waals surface area (Å²) in [5.41, 5.74) is 8.50. The maximum atomic E-state index is 14.7. The average molecular weight is 451 g/mol. The van der Waals surface area contributed by atoms with Gasteiger partial charge < -0.3 is 11.1 Å². The smallest absolute Gasteiger partial charge is 0.324 e. The Balaban J connectivity index is 1.39. The Morgan fingerprint density at radius 2 is 1.85 bits per heavy atom. The summed E-state index contributed by atoms with van der Waals surface area (Å²) >= 11 is 0. The topological polar surface area (TPSA) is 97.9 Å². The monoisotopic (exact) mass is 450 g/mol. The van der Waals surface area contributed by atoms with Crippen molar-refractivity contribution in [3.05, 3.63) is 65.2 Å². The average Bonchev–Trinajstić information content (AvgIpc) is 3.47. The van der Waals surface area contributed by atoms with Crippen LogP contribution >= 0.6 is 0 Å². The number of nitrogen functional groups attached to an aromatic ring is 1. The first kappa shape index (κ1) is 22.8. The van der Waals surface area contributed by atoms with E-state index in [9.17, 15) is 9.18 Å². The van der Waals surface area contributed by atoms with Gasteiger partial charge in [-0.25, -0.2) is 18.9 Å². The fourth-order valence-electron chi connectivity index (χ4n) is 3.59. The maximum Gasteiger partial charge on any atom is 0.324 e. The fourth-order valence-corrected chi connectivity index (χ4v) is 3.59. The zero-order valence-corrected chi connectivity index (χ0v) is 19.4. The van der Waals surface area contributed by atoms with Crippen molar-refractivity contribution in [3.8, 4) is 0 Å². The second-order valence-electron chi connectivity index (χ2n) is 9.77. The van der Waals surface area contributed by atoms with Crippen molar-refractivity contribution in [2.75, 3.05) is 16.4 Å². The van der Waals surface area contributed by atoms with Gasteiger partial charge in [0, 0.05) is 24.2 Å². The van der Waals surface area contributed by atoms with Gasteiger partial charge in [-0.05, 0) is 67.0 Å². The molecule has 2 heterocycles. The zero-order chi connectivity index (χ0) is 23.6. The van der Waals surface area contributed by atoms with E-state index in [-0.39, 0.29) is 11.1 Å². The van der Waals surface area contributed by atoms with Crippen LogP contribution in [-0.4, -0.2) is 20.8 Å². The predicted octanol–water partition coefficient (Wildman–Crippen LogP) is 5.14. The standard InChI is InChI=1S/C25H31FN6O/c1-25(2,3)21-14-23(32(31-21)15-18-6-7-18)30-24(33)29-20-9-8-16(12-19(20)26)4-5-17-10-11-28-22(27)13-17/h8-14,18H,4-7,15H2,1-3H3,(H2,27,28)(H2,29,30,33). The highest BCUT2D eigenvalue weighted by Gasteiger charge is 2.26. The summed E-state index contributed by atoms with van der Waals surface area (Å²) in [6.45, 7) is 7.03. The van der Waals surface area contributed by atoms with Crippen molar-refractivity contribution < 1.29 is 9.18 Å². The lowest BCUT2D eigenvalue weighted by Gasteiger charge is -2.14. The van der Waals surface area contributed by atoms with E-state index < -0.39 is 11.8 Å². The molecule has 33 heavy (non-hydrogen) atoms. The van der Waals surface area contributed by atoms with Gasteiger partial charge in [0.05, 0.1) is 11.4 Å². The Hall–Kier alpha value is -3.42. The Kier molecular flexibility index (Phi) is 6.35. The van der Waals surface area contributed by atoms with Crippen LogP contribution in [0.5, 0.6) is 0 Å². The Morgan fingerprint density at radius 3 is 2.48 bits per heavy atom. The summed E-state index contributed by atoms with van der Waals surface area (Å²) in [5, 5.41) is 10.2. The molecule has 3 aromatic rings. The molecule has 1 saturated carbocycles. The number of nitrogens with zero attached hydrogens (tertiary/aromatic N) is 3. The van der Waals surface area contributed by atoms with E-state index in [1.165, 1.54) is 18.9 Å². The lowest BCUT2D eigenvalue weighted by Crippen LogP contribution is -2.22. The van der Waals surface area contributed by atoms with Crippen LogP contribution in [0.4, 0.5) is 26.5 Å². The number of aryl methyl sites for hydroxylation is 2. The molecule has 0 unspecified atom stereocenters. The number of benzene rings is 1. The molecule has 0 radical (unpaired) electrons. The number of anilines is 3. The van der Waals surface area contributed by atoms with Gasteiger partial charge in [0.15, 0.2) is 0 Å². The van der Waals surface area contributed by atoms with E-state index in [4.69, 9.17) is 10.8 Å². The minimum atomic E-state index is -0.494. The minimum Gasteiger partial charge on any atom is -0.384 e. The number of amides is 2. The van der Waals surface area contributed by atoms with Crippen molar-refractivity contribution in [3.63, 3.8) is 0 Å². The van der Waals surface area contributed by atoms with Crippen LogP contribution in [0.25, 0.3) is 0 Å². The molecular formula is C25H31FN6O. The Labute approximate surface area is 193 Å². The van der Waals surface area contributed by atoms with Crippen molar-refractivity contribution in [2.24, 2.45) is 5.92 Å². The molecule has 7 nitrogen and oxygen atoms in total. The van der Waals surface area contributed by atoms with Crippen LogP contribution in [0.3, 0.4) is 0 Å². The van der Waals surface area contributed by atoms with Gasteiger partial charge in [0.25, 0.3) is 0 Å². The van der Waals surface area contributed by atoms with Crippen LogP contribution in [0.15, 0.2) is 42.6 Å². The van der Waals surface area contributed by atoms with E-state index >= 15 is 0 Å². The van der Waals surface area contributed by atoms with Crippen molar-refractivity contribution in [2.45, 2.75) is 58.4 Å². The quantitative estimate of drug-likeness (QED) is 0.464. The van der Waals surface area contributed by atoms with Crippen molar-refractivity contribution in [1.29, 1.82) is 0 Å². The molecule has 1 fully saturated rings. The number of nitrogens with two attached hydrogens (primary N) is 1. The van der Waals surface area contributed by atoms with E-state index in [0.717, 1.165) is 29.8 Å². The zero-order valence-electron chi connectivity index (χ0n) is 19.4. The molecule has 174 valence electrons. The number of hydrogen-bond acceptors (Lipinski definition) is 4. The van der Waals surface area contributed by atoms with Gasteiger partial charge in [-0.2, -0.15) is 5.10 Å². The van der Waals surface area contributed by atoms with Gasteiger partial charge in [-0.15, -0.1) is 0 Å². The maximum absolute atomic E-state index is 14.7. The number of urea groups is 1. The molecule has 2 amide bonds. The summed E-state index contributed by atoms with van der Waals surface area (Å²) in [6, 6.07) is 9.97. The molecule has 2 aromatic heterocycles. The number of nitrogens with one attached hydrogen (secondary N) is 2. The Morgan fingerprint density at radius 1 is 1.12 bits per heavy atom. The van der Waals surface area contributed by atoms with Crippen LogP contribution in [0.2, 0.25) is 0 Å². The van der Waals surface area contributed by atoms with Crippen LogP contribution in [0.1, 0.15) is 50.4 Å². The second-order valence-corrected chi connectivity index (χ2v) is 9.77. The van der Waals surface area contributed by atoms with Crippen LogP contribution in [0, 0.1) is 11.7 Å². The Bertz CT molecular complexity index is 1150. The second kappa shape index (κ2) is 9.21. The van der Waals surface area contributed by atoms with E-state index in [2.05, 4.69) is 36.4 Å². The van der Waals surface area contributed by atoms with Gasteiger partial charge in [-0.1, -0.05) is 26.8 Å². The SMILES string of the molecule is CC(C)(C)c1cc(NC(=O)Nc2ccc(CCc3ccnc(N)c3)cc2F)n(CC2CC2)n1. The predicted molar refractivity (Wildman–Crippen MR) is 129 cm³/mol. The lowest BCUT2D eigenvalue weighted by atomic mass is 9.92. The molecule has 1 aromatic carbocycles. The first-order valence-electron chi connectivity index (χ1n) is 11.3. The fraction of sp³-hybridized carbons (Fsp3) is 0.400. The highest BCUT2D eigenvalue weighted by Crippen LogP contribution is 2.33. The molecule has 0 aliphatic heterocycles. The molecular weight excluding hydrogens is 419 g/mol. The highest BCUT2D eigenvalue weighted by atomic mass is 19.1. The number of rotatable bonds is 7. The van der Waals surface area contributed by atoms with E-state index in [0.29, 0.717) is 24.0 Å². The molecule has 1 aliphatic carbocycles. The molecule has 0 spiro atoms. The van der Waals surface area contributed by atoms with Gasteiger partial charge in [0.2, 0.25) is 0 Å². The largest absolute Gasteiger partial charge is 0.384 e. The molecule has 0 bridgehead atoms. The third-order valence-electron chi connectivity index (χ3n) is 5.75. The minimum absolute atomic E-state index is 0.133.